The molecule has 0 saturated heterocycles. The summed E-state index contributed by atoms with van der Waals surface area (Å²) in [7, 11) is 0. The molecule has 0 atom stereocenters. The van der Waals surface area contributed by atoms with Gasteiger partial charge in [0, 0.05) is 3.57 Å². The van der Waals surface area contributed by atoms with E-state index in [4.69, 9.17) is 4.74 Å². The van der Waals surface area contributed by atoms with Crippen molar-refractivity contribution in [2.45, 2.75) is 13.8 Å². The van der Waals surface area contributed by atoms with Crippen molar-refractivity contribution in [1.82, 2.24) is 0 Å². The number of hydrogen-bond acceptors (Lipinski definition) is 2. The van der Waals surface area contributed by atoms with Crippen LogP contribution >= 0.6 is 22.6 Å². The van der Waals surface area contributed by atoms with Crippen LogP contribution in [0.5, 0.6) is 0 Å². The van der Waals surface area contributed by atoms with Crippen molar-refractivity contribution < 1.29 is 13.9 Å². The molecule has 1 rings (SSSR count). The topological polar surface area (TPSA) is 26.3 Å². The van der Waals surface area contributed by atoms with Gasteiger partial charge in [0.1, 0.15) is 5.82 Å². The first-order chi connectivity index (χ1) is 6.56. The van der Waals surface area contributed by atoms with Crippen LogP contribution in [0, 0.1) is 16.3 Å². The van der Waals surface area contributed by atoms with Gasteiger partial charge in [0.05, 0.1) is 12.2 Å². The lowest BCUT2D eigenvalue weighted by Crippen LogP contribution is -2.07. The third-order valence-corrected chi connectivity index (χ3v) is 2.59. The zero-order valence-electron chi connectivity index (χ0n) is 7.93. The van der Waals surface area contributed by atoms with Crippen LogP contribution in [-0.4, -0.2) is 12.6 Å². The van der Waals surface area contributed by atoms with E-state index in [0.29, 0.717) is 21.3 Å². The normalized spacial score (nSPS) is 10.0. The van der Waals surface area contributed by atoms with Crippen molar-refractivity contribution in [2.75, 3.05) is 6.61 Å². The molecule has 0 aliphatic rings. The van der Waals surface area contributed by atoms with Crippen molar-refractivity contribution in [3.05, 3.63) is 32.6 Å². The minimum atomic E-state index is -0.400. The van der Waals surface area contributed by atoms with Gasteiger partial charge < -0.3 is 4.74 Å². The number of benzene rings is 1. The molecule has 2 nitrogen and oxygen atoms in total. The number of aryl methyl sites for hydroxylation is 1. The van der Waals surface area contributed by atoms with Gasteiger partial charge in [0.15, 0.2) is 0 Å². The Hall–Kier alpha value is -0.650. The standard InChI is InChI=1S/C10H10FIO2/c1-3-14-10(13)7-5-9(12)8(11)4-6(7)2/h4-5H,3H2,1-2H3. The van der Waals surface area contributed by atoms with Crippen LogP contribution in [0.1, 0.15) is 22.8 Å². The highest BCUT2D eigenvalue weighted by Crippen LogP contribution is 2.17. The third-order valence-electron chi connectivity index (χ3n) is 1.76. The van der Waals surface area contributed by atoms with E-state index in [2.05, 4.69) is 0 Å². The summed E-state index contributed by atoms with van der Waals surface area (Å²) < 4.78 is 18.3. The van der Waals surface area contributed by atoms with E-state index in [1.807, 2.05) is 22.6 Å². The zero-order chi connectivity index (χ0) is 10.7. The molecule has 1 aromatic carbocycles. The highest BCUT2D eigenvalue weighted by Gasteiger charge is 2.12. The quantitative estimate of drug-likeness (QED) is 0.620. The van der Waals surface area contributed by atoms with E-state index in [1.165, 1.54) is 12.1 Å². The van der Waals surface area contributed by atoms with Crippen molar-refractivity contribution in [3.8, 4) is 0 Å². The Labute approximate surface area is 95.6 Å². The molecular formula is C10H10FIO2. The second-order valence-corrected chi connectivity index (χ2v) is 3.96. The lowest BCUT2D eigenvalue weighted by molar-refractivity contribution is 0.0525. The summed E-state index contributed by atoms with van der Waals surface area (Å²) in [4.78, 5) is 11.4. The third kappa shape index (κ3) is 2.43. The van der Waals surface area contributed by atoms with E-state index in [1.54, 1.807) is 13.8 Å². The first-order valence-corrected chi connectivity index (χ1v) is 5.27. The lowest BCUT2D eigenvalue weighted by Gasteiger charge is -2.06. The minimum absolute atomic E-state index is 0.309. The Balaban J connectivity index is 3.09. The van der Waals surface area contributed by atoms with Gasteiger partial charge in [0.2, 0.25) is 0 Å². The van der Waals surface area contributed by atoms with E-state index in [9.17, 15) is 9.18 Å². The van der Waals surface area contributed by atoms with Crippen LogP contribution < -0.4 is 0 Å². The van der Waals surface area contributed by atoms with Crippen LogP contribution in [0.3, 0.4) is 0 Å². The predicted molar refractivity (Wildman–Crippen MR) is 59.8 cm³/mol. The Morgan fingerprint density at radius 3 is 2.79 bits per heavy atom. The summed E-state index contributed by atoms with van der Waals surface area (Å²) in [6.07, 6.45) is 0. The van der Waals surface area contributed by atoms with Crippen molar-refractivity contribution in [3.63, 3.8) is 0 Å². The average molecular weight is 308 g/mol. The van der Waals surface area contributed by atoms with Gasteiger partial charge in [-0.2, -0.15) is 0 Å². The van der Waals surface area contributed by atoms with Gasteiger partial charge in [-0.15, -0.1) is 0 Å². The van der Waals surface area contributed by atoms with Crippen LogP contribution in [0.4, 0.5) is 4.39 Å². The monoisotopic (exact) mass is 308 g/mol. The van der Waals surface area contributed by atoms with Crippen molar-refractivity contribution in [1.29, 1.82) is 0 Å². The maximum Gasteiger partial charge on any atom is 0.338 e. The number of ether oxygens (including phenoxy) is 1. The van der Waals surface area contributed by atoms with Gasteiger partial charge >= 0.3 is 5.97 Å². The molecule has 1 aromatic rings. The second kappa shape index (κ2) is 4.72. The van der Waals surface area contributed by atoms with Crippen LogP contribution in [0.15, 0.2) is 12.1 Å². The van der Waals surface area contributed by atoms with Gasteiger partial charge in [-0.25, -0.2) is 9.18 Å². The number of carbonyl (C=O) groups excluding carboxylic acids is 1. The van der Waals surface area contributed by atoms with Gasteiger partial charge in [0.25, 0.3) is 0 Å². The molecule has 0 radical (unpaired) electrons. The first kappa shape index (κ1) is 11.4. The number of rotatable bonds is 2. The van der Waals surface area contributed by atoms with Crippen LogP contribution in [-0.2, 0) is 4.74 Å². The molecule has 0 aromatic heterocycles. The number of hydrogen-bond donors (Lipinski definition) is 0. The summed E-state index contributed by atoms with van der Waals surface area (Å²) in [5, 5.41) is 0. The number of carbonyl (C=O) groups is 1. The Morgan fingerprint density at radius 1 is 1.57 bits per heavy atom. The summed E-state index contributed by atoms with van der Waals surface area (Å²) >= 11 is 1.85. The van der Waals surface area contributed by atoms with E-state index in [-0.39, 0.29) is 5.82 Å². The molecule has 4 heteroatoms. The fourth-order valence-corrected chi connectivity index (χ4v) is 1.54. The summed E-state index contributed by atoms with van der Waals surface area (Å²) in [6, 6.07) is 2.84. The molecular weight excluding hydrogens is 298 g/mol. The summed E-state index contributed by atoms with van der Waals surface area (Å²) in [5.74, 6) is -0.709. The van der Waals surface area contributed by atoms with E-state index in [0.717, 1.165) is 0 Å². The van der Waals surface area contributed by atoms with Gasteiger partial charge in [-0.05, 0) is 54.1 Å². The molecule has 0 aliphatic carbocycles. The van der Waals surface area contributed by atoms with E-state index >= 15 is 0 Å². The van der Waals surface area contributed by atoms with E-state index < -0.39 is 5.97 Å². The fourth-order valence-electron chi connectivity index (χ4n) is 1.08. The summed E-state index contributed by atoms with van der Waals surface area (Å²) in [5.41, 5.74) is 1.03. The molecule has 0 spiro atoms. The molecule has 0 unspecified atom stereocenters. The first-order valence-electron chi connectivity index (χ1n) is 4.19. The maximum atomic E-state index is 13.0. The Bertz CT molecular complexity index is 363. The van der Waals surface area contributed by atoms with Crippen molar-refractivity contribution in [2.24, 2.45) is 0 Å². The summed E-state index contributed by atoms with van der Waals surface area (Å²) in [6.45, 7) is 3.75. The molecule has 0 amide bonds. The molecule has 0 heterocycles. The fraction of sp³-hybridized carbons (Fsp3) is 0.300. The molecule has 0 N–H and O–H groups in total. The number of esters is 1. The van der Waals surface area contributed by atoms with Gasteiger partial charge in [-0.1, -0.05) is 0 Å². The lowest BCUT2D eigenvalue weighted by atomic mass is 10.1. The Kier molecular flexibility index (Phi) is 3.86. The molecule has 0 aliphatic heterocycles. The zero-order valence-corrected chi connectivity index (χ0v) is 10.1. The highest BCUT2D eigenvalue weighted by atomic mass is 127. The molecule has 0 saturated carbocycles. The smallest absolute Gasteiger partial charge is 0.338 e. The highest BCUT2D eigenvalue weighted by molar-refractivity contribution is 14.1. The largest absolute Gasteiger partial charge is 0.462 e. The van der Waals surface area contributed by atoms with Gasteiger partial charge in [-0.3, -0.25) is 0 Å². The maximum absolute atomic E-state index is 13.0. The Morgan fingerprint density at radius 2 is 2.21 bits per heavy atom. The van der Waals surface area contributed by atoms with Crippen molar-refractivity contribution >= 4 is 28.6 Å². The average Bonchev–Trinajstić information content (AvgIpc) is 2.11. The molecule has 0 fully saturated rings. The SMILES string of the molecule is CCOC(=O)c1cc(I)c(F)cc1C. The molecule has 76 valence electrons. The number of halogens is 2. The molecule has 14 heavy (non-hydrogen) atoms. The molecule has 0 bridgehead atoms. The van der Waals surface area contributed by atoms with Crippen LogP contribution in [0.2, 0.25) is 0 Å². The minimum Gasteiger partial charge on any atom is -0.462 e. The second-order valence-electron chi connectivity index (χ2n) is 2.80. The predicted octanol–water partition coefficient (Wildman–Crippen LogP) is 2.92. The van der Waals surface area contributed by atoms with Crippen LogP contribution in [0.25, 0.3) is 0 Å².